The predicted molar refractivity (Wildman–Crippen MR) is 61.9 cm³/mol. The summed E-state index contributed by atoms with van der Waals surface area (Å²) < 4.78 is 5.21. The molecule has 2 heteroatoms. The third-order valence-electron chi connectivity index (χ3n) is 2.78. The predicted octanol–water partition coefficient (Wildman–Crippen LogP) is 2.99. The van der Waals surface area contributed by atoms with Gasteiger partial charge in [0.2, 0.25) is 0 Å². The van der Waals surface area contributed by atoms with Crippen LogP contribution in [0.25, 0.3) is 10.8 Å². The zero-order valence-electron chi connectivity index (χ0n) is 8.59. The maximum Gasteiger partial charge on any atom is 0.331 e. The van der Waals surface area contributed by atoms with E-state index in [9.17, 15) is 4.79 Å². The van der Waals surface area contributed by atoms with Crippen LogP contribution in [-0.4, -0.2) is 5.97 Å². The van der Waals surface area contributed by atoms with Crippen molar-refractivity contribution in [2.45, 2.75) is 6.10 Å². The fourth-order valence-electron chi connectivity index (χ4n) is 2.04. The highest BCUT2D eigenvalue weighted by molar-refractivity contribution is 5.89. The monoisotopic (exact) mass is 210 g/mol. The Morgan fingerprint density at radius 2 is 1.81 bits per heavy atom. The maximum absolute atomic E-state index is 11.1. The lowest BCUT2D eigenvalue weighted by molar-refractivity contribution is -0.138. The van der Waals surface area contributed by atoms with Gasteiger partial charge in [-0.25, -0.2) is 4.79 Å². The van der Waals surface area contributed by atoms with Gasteiger partial charge in [-0.3, -0.25) is 0 Å². The van der Waals surface area contributed by atoms with Crippen molar-refractivity contribution in [2.24, 2.45) is 0 Å². The molecule has 0 fully saturated rings. The van der Waals surface area contributed by atoms with Crippen molar-refractivity contribution in [1.82, 2.24) is 0 Å². The molecule has 1 atom stereocenters. The van der Waals surface area contributed by atoms with Crippen molar-refractivity contribution in [3.8, 4) is 0 Å². The maximum atomic E-state index is 11.1. The van der Waals surface area contributed by atoms with E-state index in [0.717, 1.165) is 16.3 Å². The fraction of sp³-hybridized carbons (Fsp3) is 0.0714. The van der Waals surface area contributed by atoms with Crippen molar-refractivity contribution in [3.63, 3.8) is 0 Å². The van der Waals surface area contributed by atoms with Gasteiger partial charge in [-0.1, -0.05) is 42.5 Å². The number of ether oxygens (including phenoxy) is 1. The van der Waals surface area contributed by atoms with Gasteiger partial charge in [-0.05, 0) is 16.8 Å². The molecule has 1 aliphatic heterocycles. The van der Waals surface area contributed by atoms with Crippen LogP contribution in [0, 0.1) is 0 Å². The summed E-state index contributed by atoms with van der Waals surface area (Å²) in [5, 5.41) is 2.30. The van der Waals surface area contributed by atoms with Crippen LogP contribution in [0.15, 0.2) is 54.6 Å². The molecule has 3 rings (SSSR count). The normalized spacial score (nSPS) is 19.0. The molecular weight excluding hydrogens is 200 g/mol. The van der Waals surface area contributed by atoms with Crippen LogP contribution in [0.5, 0.6) is 0 Å². The molecule has 0 radical (unpaired) electrons. The number of rotatable bonds is 1. The third-order valence-corrected chi connectivity index (χ3v) is 2.78. The summed E-state index contributed by atoms with van der Waals surface area (Å²) in [4.78, 5) is 11.1. The standard InChI is InChI=1S/C14H10O2/c15-14-9-8-13(16-14)12-7-3-5-10-4-1-2-6-11(10)12/h1-9,13H. The van der Waals surface area contributed by atoms with Crippen LogP contribution in [0.3, 0.4) is 0 Å². The molecule has 1 unspecified atom stereocenters. The SMILES string of the molecule is O=C1C=CC(c2cccc3ccccc23)O1. The van der Waals surface area contributed by atoms with Crippen LogP contribution in [0.2, 0.25) is 0 Å². The number of hydrogen-bond donors (Lipinski definition) is 0. The molecule has 0 spiro atoms. The van der Waals surface area contributed by atoms with Crippen molar-refractivity contribution in [3.05, 3.63) is 60.2 Å². The quantitative estimate of drug-likeness (QED) is 0.676. The first-order valence-corrected chi connectivity index (χ1v) is 5.21. The molecular formula is C14H10O2. The van der Waals surface area contributed by atoms with Gasteiger partial charge in [0, 0.05) is 11.6 Å². The van der Waals surface area contributed by atoms with Crippen LogP contribution in [-0.2, 0) is 9.53 Å². The first-order chi connectivity index (χ1) is 7.84. The molecule has 0 bridgehead atoms. The highest BCUT2D eigenvalue weighted by Crippen LogP contribution is 2.29. The molecule has 2 aromatic rings. The van der Waals surface area contributed by atoms with Crippen LogP contribution in [0.4, 0.5) is 0 Å². The zero-order chi connectivity index (χ0) is 11.0. The number of benzene rings is 2. The molecule has 2 nitrogen and oxygen atoms in total. The summed E-state index contributed by atoms with van der Waals surface area (Å²) in [6.45, 7) is 0. The zero-order valence-corrected chi connectivity index (χ0v) is 8.59. The highest BCUT2D eigenvalue weighted by Gasteiger charge is 2.19. The Morgan fingerprint density at radius 1 is 1.00 bits per heavy atom. The molecule has 0 saturated carbocycles. The molecule has 1 heterocycles. The largest absolute Gasteiger partial charge is 0.450 e. The van der Waals surface area contributed by atoms with E-state index in [1.165, 1.54) is 6.08 Å². The number of carbonyl (C=O) groups is 1. The molecule has 0 aromatic heterocycles. The lowest BCUT2D eigenvalue weighted by Crippen LogP contribution is -2.00. The van der Waals surface area contributed by atoms with Gasteiger partial charge in [-0.2, -0.15) is 0 Å². The second-order valence-electron chi connectivity index (χ2n) is 3.78. The van der Waals surface area contributed by atoms with Gasteiger partial charge in [0.05, 0.1) is 0 Å². The number of cyclic esters (lactones) is 1. The summed E-state index contributed by atoms with van der Waals surface area (Å²) in [5.74, 6) is -0.266. The number of hydrogen-bond acceptors (Lipinski definition) is 2. The summed E-state index contributed by atoms with van der Waals surface area (Å²) in [6, 6.07) is 14.1. The van der Waals surface area contributed by atoms with Crippen LogP contribution < -0.4 is 0 Å². The number of fused-ring (bicyclic) bond motifs is 1. The molecule has 1 aliphatic rings. The van der Waals surface area contributed by atoms with Crippen molar-refractivity contribution < 1.29 is 9.53 Å². The Kier molecular flexibility index (Phi) is 2.00. The molecule has 0 N–H and O–H groups in total. The van der Waals surface area contributed by atoms with E-state index in [1.54, 1.807) is 6.08 Å². The van der Waals surface area contributed by atoms with E-state index < -0.39 is 0 Å². The smallest absolute Gasteiger partial charge is 0.331 e. The Morgan fingerprint density at radius 3 is 2.62 bits per heavy atom. The molecule has 78 valence electrons. The van der Waals surface area contributed by atoms with Gasteiger partial charge in [-0.15, -0.1) is 0 Å². The lowest BCUT2D eigenvalue weighted by atomic mass is 10.0. The minimum Gasteiger partial charge on any atom is -0.450 e. The van der Waals surface area contributed by atoms with Gasteiger partial charge in [0.1, 0.15) is 6.10 Å². The summed E-state index contributed by atoms with van der Waals surface area (Å²) >= 11 is 0. The van der Waals surface area contributed by atoms with Gasteiger partial charge >= 0.3 is 5.97 Å². The third kappa shape index (κ3) is 1.39. The Balaban J connectivity index is 2.17. The topological polar surface area (TPSA) is 26.3 Å². The summed E-state index contributed by atoms with van der Waals surface area (Å²) in [6.07, 6.45) is 3.04. The molecule has 0 saturated heterocycles. The van der Waals surface area contributed by atoms with E-state index in [1.807, 2.05) is 30.3 Å². The Labute approximate surface area is 93.2 Å². The van der Waals surface area contributed by atoms with Crippen molar-refractivity contribution in [1.29, 1.82) is 0 Å². The first-order valence-electron chi connectivity index (χ1n) is 5.21. The van der Waals surface area contributed by atoms with Crippen LogP contribution in [0.1, 0.15) is 11.7 Å². The second-order valence-corrected chi connectivity index (χ2v) is 3.78. The fourth-order valence-corrected chi connectivity index (χ4v) is 2.04. The molecule has 0 amide bonds. The molecule has 2 aromatic carbocycles. The number of esters is 1. The van der Waals surface area contributed by atoms with Crippen molar-refractivity contribution >= 4 is 16.7 Å². The van der Waals surface area contributed by atoms with Gasteiger partial charge in [0.15, 0.2) is 0 Å². The summed E-state index contributed by atoms with van der Waals surface area (Å²) in [5.41, 5.74) is 1.04. The minimum absolute atomic E-state index is 0.237. The van der Waals surface area contributed by atoms with Crippen LogP contribution >= 0.6 is 0 Å². The first kappa shape index (κ1) is 9.16. The van der Waals surface area contributed by atoms with E-state index >= 15 is 0 Å². The molecule has 16 heavy (non-hydrogen) atoms. The average Bonchev–Trinajstić information content (AvgIpc) is 2.75. The van der Waals surface area contributed by atoms with Gasteiger partial charge in [0.25, 0.3) is 0 Å². The average molecular weight is 210 g/mol. The Hall–Kier alpha value is -2.09. The lowest BCUT2D eigenvalue weighted by Gasteiger charge is -2.11. The second kappa shape index (κ2) is 3.49. The summed E-state index contributed by atoms with van der Waals surface area (Å²) in [7, 11) is 0. The molecule has 0 aliphatic carbocycles. The minimum atomic E-state index is -0.266. The highest BCUT2D eigenvalue weighted by atomic mass is 16.5. The van der Waals surface area contributed by atoms with Gasteiger partial charge < -0.3 is 4.74 Å². The van der Waals surface area contributed by atoms with Crippen molar-refractivity contribution in [2.75, 3.05) is 0 Å². The van der Waals surface area contributed by atoms with E-state index in [2.05, 4.69) is 12.1 Å². The van der Waals surface area contributed by atoms with E-state index in [4.69, 9.17) is 4.74 Å². The Bertz CT molecular complexity index is 579. The van der Waals surface area contributed by atoms with E-state index in [-0.39, 0.29) is 12.1 Å². The number of carbonyl (C=O) groups excluding carboxylic acids is 1. The van der Waals surface area contributed by atoms with E-state index in [0.29, 0.717) is 0 Å².